The molecular formula is C9H6BrNS. The first-order chi connectivity index (χ1) is 5.79. The standard InChI is InChI=1S/C9H6BrNS/c10-7-3-4-8(12)9-6(7)2-1-5-11-9/h1-5,12H. The number of fused-ring (bicyclic) bond motifs is 1. The Kier molecular flexibility index (Phi) is 2.07. The van der Waals surface area contributed by atoms with Crippen molar-refractivity contribution in [2.24, 2.45) is 0 Å². The fourth-order valence-corrected chi connectivity index (χ4v) is 1.83. The van der Waals surface area contributed by atoms with Crippen molar-refractivity contribution in [3.05, 3.63) is 34.9 Å². The average Bonchev–Trinajstić information content (AvgIpc) is 2.12. The lowest BCUT2D eigenvalue weighted by atomic mass is 10.2. The van der Waals surface area contributed by atoms with Crippen molar-refractivity contribution in [2.45, 2.75) is 4.90 Å². The molecule has 0 amide bonds. The molecule has 0 spiro atoms. The van der Waals surface area contributed by atoms with Gasteiger partial charge >= 0.3 is 0 Å². The number of nitrogens with zero attached hydrogens (tertiary/aromatic N) is 1. The molecule has 0 fully saturated rings. The van der Waals surface area contributed by atoms with Crippen LogP contribution in [0.25, 0.3) is 10.9 Å². The normalized spacial score (nSPS) is 10.5. The van der Waals surface area contributed by atoms with E-state index in [1.807, 2.05) is 24.3 Å². The maximum absolute atomic E-state index is 4.31. The van der Waals surface area contributed by atoms with E-state index in [9.17, 15) is 0 Å². The minimum Gasteiger partial charge on any atom is -0.255 e. The molecule has 0 radical (unpaired) electrons. The van der Waals surface area contributed by atoms with E-state index in [-0.39, 0.29) is 0 Å². The van der Waals surface area contributed by atoms with Crippen LogP contribution in [0.4, 0.5) is 0 Å². The minimum absolute atomic E-state index is 0.911. The van der Waals surface area contributed by atoms with Crippen molar-refractivity contribution < 1.29 is 0 Å². The quantitative estimate of drug-likeness (QED) is 0.697. The summed E-state index contributed by atoms with van der Waals surface area (Å²) in [5.41, 5.74) is 0.940. The van der Waals surface area contributed by atoms with Crippen LogP contribution in [0.2, 0.25) is 0 Å². The van der Waals surface area contributed by atoms with Crippen LogP contribution in [0.3, 0.4) is 0 Å². The Morgan fingerprint density at radius 1 is 1.25 bits per heavy atom. The Balaban J connectivity index is 2.95. The topological polar surface area (TPSA) is 12.9 Å². The van der Waals surface area contributed by atoms with Crippen molar-refractivity contribution >= 4 is 39.5 Å². The molecule has 0 saturated carbocycles. The summed E-state index contributed by atoms with van der Waals surface area (Å²) in [6.07, 6.45) is 1.77. The summed E-state index contributed by atoms with van der Waals surface area (Å²) in [5.74, 6) is 0. The van der Waals surface area contributed by atoms with Crippen LogP contribution in [0, 0.1) is 0 Å². The average molecular weight is 240 g/mol. The highest BCUT2D eigenvalue weighted by Crippen LogP contribution is 2.26. The molecule has 1 heterocycles. The third kappa shape index (κ3) is 1.23. The second kappa shape index (κ2) is 3.07. The Bertz CT molecular complexity index is 387. The summed E-state index contributed by atoms with van der Waals surface area (Å²) in [7, 11) is 0. The molecule has 3 heteroatoms. The van der Waals surface area contributed by atoms with Crippen molar-refractivity contribution in [1.82, 2.24) is 4.98 Å². The van der Waals surface area contributed by atoms with Crippen molar-refractivity contribution in [3.63, 3.8) is 0 Å². The van der Waals surface area contributed by atoms with Crippen LogP contribution in [0.5, 0.6) is 0 Å². The molecule has 60 valence electrons. The summed E-state index contributed by atoms with van der Waals surface area (Å²) in [6.45, 7) is 0. The van der Waals surface area contributed by atoms with Gasteiger partial charge in [0, 0.05) is 21.0 Å². The summed E-state index contributed by atoms with van der Waals surface area (Å²) in [4.78, 5) is 5.15. The van der Waals surface area contributed by atoms with Crippen LogP contribution >= 0.6 is 28.6 Å². The molecule has 1 aromatic carbocycles. The van der Waals surface area contributed by atoms with Gasteiger partial charge in [0.05, 0.1) is 5.52 Å². The maximum Gasteiger partial charge on any atom is 0.0846 e. The molecule has 0 aliphatic heterocycles. The van der Waals surface area contributed by atoms with Crippen LogP contribution in [0.15, 0.2) is 39.8 Å². The zero-order valence-corrected chi connectivity index (χ0v) is 8.64. The van der Waals surface area contributed by atoms with Gasteiger partial charge in [0.2, 0.25) is 0 Å². The second-order valence-electron chi connectivity index (χ2n) is 2.47. The van der Waals surface area contributed by atoms with Crippen LogP contribution in [0.1, 0.15) is 0 Å². The number of halogens is 1. The van der Waals surface area contributed by atoms with Gasteiger partial charge in [0.25, 0.3) is 0 Å². The van der Waals surface area contributed by atoms with Crippen molar-refractivity contribution in [2.75, 3.05) is 0 Å². The molecule has 0 unspecified atom stereocenters. The number of hydrogen-bond acceptors (Lipinski definition) is 2. The van der Waals surface area contributed by atoms with Crippen LogP contribution in [-0.4, -0.2) is 4.98 Å². The van der Waals surface area contributed by atoms with E-state index in [4.69, 9.17) is 0 Å². The van der Waals surface area contributed by atoms with Gasteiger partial charge in [-0.25, -0.2) is 0 Å². The highest BCUT2D eigenvalue weighted by atomic mass is 79.9. The summed E-state index contributed by atoms with van der Waals surface area (Å²) in [5, 5.41) is 1.10. The van der Waals surface area contributed by atoms with E-state index >= 15 is 0 Å². The van der Waals surface area contributed by atoms with E-state index < -0.39 is 0 Å². The Labute approximate surface area is 84.4 Å². The smallest absolute Gasteiger partial charge is 0.0846 e. The molecule has 12 heavy (non-hydrogen) atoms. The molecule has 0 bridgehead atoms. The van der Waals surface area contributed by atoms with Gasteiger partial charge in [-0.05, 0) is 18.2 Å². The number of hydrogen-bond donors (Lipinski definition) is 1. The third-order valence-electron chi connectivity index (χ3n) is 1.70. The Hall–Kier alpha value is -0.540. The number of pyridine rings is 1. The summed E-state index contributed by atoms with van der Waals surface area (Å²) >= 11 is 7.77. The summed E-state index contributed by atoms with van der Waals surface area (Å²) in [6, 6.07) is 7.85. The van der Waals surface area contributed by atoms with E-state index in [1.54, 1.807) is 6.20 Å². The molecule has 2 rings (SSSR count). The molecular weight excluding hydrogens is 234 g/mol. The lowest BCUT2D eigenvalue weighted by Crippen LogP contribution is -1.80. The van der Waals surface area contributed by atoms with Crippen LogP contribution in [-0.2, 0) is 0 Å². The van der Waals surface area contributed by atoms with Gasteiger partial charge in [-0.3, -0.25) is 4.98 Å². The van der Waals surface area contributed by atoms with E-state index in [2.05, 4.69) is 33.5 Å². The largest absolute Gasteiger partial charge is 0.255 e. The van der Waals surface area contributed by atoms with Gasteiger partial charge in [0.1, 0.15) is 0 Å². The zero-order chi connectivity index (χ0) is 8.55. The molecule has 2 aromatic rings. The minimum atomic E-state index is 0.911. The number of thiol groups is 1. The molecule has 1 nitrogen and oxygen atoms in total. The van der Waals surface area contributed by atoms with Crippen LogP contribution < -0.4 is 0 Å². The molecule has 0 atom stereocenters. The number of rotatable bonds is 0. The predicted octanol–water partition coefficient (Wildman–Crippen LogP) is 3.29. The SMILES string of the molecule is Sc1ccc(Br)c2cccnc12. The fourth-order valence-electron chi connectivity index (χ4n) is 1.12. The molecule has 0 N–H and O–H groups in total. The highest BCUT2D eigenvalue weighted by Gasteiger charge is 2.00. The van der Waals surface area contributed by atoms with E-state index in [0.717, 1.165) is 20.3 Å². The fraction of sp³-hybridized carbons (Fsp3) is 0. The first kappa shape index (κ1) is 8.08. The summed E-state index contributed by atoms with van der Waals surface area (Å²) < 4.78 is 1.06. The Morgan fingerprint density at radius 2 is 2.08 bits per heavy atom. The number of benzene rings is 1. The maximum atomic E-state index is 4.31. The lowest BCUT2D eigenvalue weighted by molar-refractivity contribution is 1.35. The van der Waals surface area contributed by atoms with Crippen molar-refractivity contribution in [3.8, 4) is 0 Å². The zero-order valence-electron chi connectivity index (χ0n) is 6.16. The first-order valence-electron chi connectivity index (χ1n) is 3.51. The van der Waals surface area contributed by atoms with Gasteiger partial charge in [-0.2, -0.15) is 0 Å². The lowest BCUT2D eigenvalue weighted by Gasteiger charge is -2.00. The molecule has 0 aliphatic rings. The predicted molar refractivity (Wildman–Crippen MR) is 56.7 cm³/mol. The molecule has 1 aromatic heterocycles. The van der Waals surface area contributed by atoms with E-state index in [0.29, 0.717) is 0 Å². The highest BCUT2D eigenvalue weighted by molar-refractivity contribution is 9.10. The molecule has 0 aliphatic carbocycles. The van der Waals surface area contributed by atoms with Gasteiger partial charge in [-0.1, -0.05) is 22.0 Å². The third-order valence-corrected chi connectivity index (χ3v) is 2.75. The van der Waals surface area contributed by atoms with Crippen molar-refractivity contribution in [1.29, 1.82) is 0 Å². The van der Waals surface area contributed by atoms with Gasteiger partial charge in [0.15, 0.2) is 0 Å². The van der Waals surface area contributed by atoms with E-state index in [1.165, 1.54) is 0 Å². The monoisotopic (exact) mass is 239 g/mol. The second-order valence-corrected chi connectivity index (χ2v) is 3.80. The first-order valence-corrected chi connectivity index (χ1v) is 4.75. The molecule has 0 saturated heterocycles. The van der Waals surface area contributed by atoms with Gasteiger partial charge < -0.3 is 0 Å². The van der Waals surface area contributed by atoms with Gasteiger partial charge in [-0.15, -0.1) is 12.6 Å². The number of aromatic nitrogens is 1. The Morgan fingerprint density at radius 3 is 2.83 bits per heavy atom.